The summed E-state index contributed by atoms with van der Waals surface area (Å²) in [5, 5.41) is 8.98. The van der Waals surface area contributed by atoms with Crippen LogP contribution in [0.4, 0.5) is 0 Å². The molecule has 1 N–H and O–H groups in total. The summed E-state index contributed by atoms with van der Waals surface area (Å²) in [6.45, 7) is 4.00. The van der Waals surface area contributed by atoms with Crippen LogP contribution in [0.2, 0.25) is 0 Å². The zero-order valence-corrected chi connectivity index (χ0v) is 8.66. The van der Waals surface area contributed by atoms with Crippen LogP contribution in [-0.4, -0.2) is 10.9 Å². The first kappa shape index (κ1) is 10.8. The number of aromatic hydroxyl groups is 1. The summed E-state index contributed by atoms with van der Waals surface area (Å²) in [4.78, 5) is 11.4. The van der Waals surface area contributed by atoms with Gasteiger partial charge in [-0.15, -0.1) is 0 Å². The summed E-state index contributed by atoms with van der Waals surface area (Å²) in [5.41, 5.74) is 0.718. The van der Waals surface area contributed by atoms with Crippen molar-refractivity contribution in [3.8, 4) is 5.75 Å². The fourth-order valence-electron chi connectivity index (χ4n) is 1.21. The minimum atomic E-state index is 0.211. The molecular formula is C12H16O2. The minimum absolute atomic E-state index is 0.211. The van der Waals surface area contributed by atoms with Crippen molar-refractivity contribution in [3.63, 3.8) is 0 Å². The molecule has 1 aromatic carbocycles. The lowest BCUT2D eigenvalue weighted by atomic mass is 10.1. The van der Waals surface area contributed by atoms with E-state index in [-0.39, 0.29) is 17.5 Å². The average molecular weight is 192 g/mol. The van der Waals surface area contributed by atoms with Crippen molar-refractivity contribution < 1.29 is 9.90 Å². The van der Waals surface area contributed by atoms with Crippen LogP contribution in [0.1, 0.15) is 37.0 Å². The molecule has 0 amide bonds. The molecule has 1 aliphatic rings. The third-order valence-electron chi connectivity index (χ3n) is 2.10. The van der Waals surface area contributed by atoms with Crippen molar-refractivity contribution in [2.45, 2.75) is 26.7 Å². The van der Waals surface area contributed by atoms with Gasteiger partial charge in [-0.2, -0.15) is 0 Å². The number of Topliss-reactive ketones (excluding diaryl/α,β-unsaturated/α-hetero) is 1. The van der Waals surface area contributed by atoms with Gasteiger partial charge in [0.1, 0.15) is 5.75 Å². The van der Waals surface area contributed by atoms with Gasteiger partial charge < -0.3 is 5.11 Å². The molecule has 2 nitrogen and oxygen atoms in total. The van der Waals surface area contributed by atoms with E-state index in [4.69, 9.17) is 5.11 Å². The van der Waals surface area contributed by atoms with E-state index in [1.54, 1.807) is 24.3 Å². The molecule has 0 heterocycles. The van der Waals surface area contributed by atoms with E-state index in [0.29, 0.717) is 0 Å². The average Bonchev–Trinajstić information content (AvgIpc) is 3.04. The molecule has 1 saturated carbocycles. The summed E-state index contributed by atoms with van der Waals surface area (Å²) in [6, 6.07) is 6.46. The number of hydrogen-bond acceptors (Lipinski definition) is 2. The van der Waals surface area contributed by atoms with Gasteiger partial charge in [-0.1, -0.05) is 13.8 Å². The summed E-state index contributed by atoms with van der Waals surface area (Å²) >= 11 is 0. The molecule has 76 valence electrons. The van der Waals surface area contributed by atoms with Gasteiger partial charge in [0.05, 0.1) is 0 Å². The highest BCUT2D eigenvalue weighted by molar-refractivity contribution is 5.99. The van der Waals surface area contributed by atoms with Gasteiger partial charge in [0.25, 0.3) is 0 Å². The second-order valence-corrected chi connectivity index (χ2v) is 3.19. The Morgan fingerprint density at radius 1 is 1.21 bits per heavy atom. The molecule has 0 radical (unpaired) electrons. The maximum absolute atomic E-state index is 11.4. The van der Waals surface area contributed by atoms with E-state index in [1.807, 2.05) is 13.8 Å². The van der Waals surface area contributed by atoms with Crippen LogP contribution in [0.5, 0.6) is 5.75 Å². The zero-order valence-electron chi connectivity index (χ0n) is 8.66. The number of benzene rings is 1. The van der Waals surface area contributed by atoms with Gasteiger partial charge in [-0.05, 0) is 37.1 Å². The molecule has 0 spiro atoms. The molecule has 1 aliphatic carbocycles. The first-order valence-electron chi connectivity index (χ1n) is 5.10. The lowest BCUT2D eigenvalue weighted by molar-refractivity contribution is 0.0967. The Hall–Kier alpha value is -1.31. The highest BCUT2D eigenvalue weighted by atomic mass is 16.3. The number of carbonyl (C=O) groups is 1. The predicted octanol–water partition coefficient (Wildman–Crippen LogP) is 3.01. The first-order valence-corrected chi connectivity index (χ1v) is 5.10. The van der Waals surface area contributed by atoms with Gasteiger partial charge in [-0.25, -0.2) is 0 Å². The molecule has 0 aliphatic heterocycles. The largest absolute Gasteiger partial charge is 0.508 e. The number of rotatable bonds is 2. The maximum Gasteiger partial charge on any atom is 0.165 e. The Balaban J connectivity index is 0.000000461. The number of phenols is 1. The minimum Gasteiger partial charge on any atom is -0.508 e. The lowest BCUT2D eigenvalue weighted by Crippen LogP contribution is -1.99. The Morgan fingerprint density at radius 2 is 1.71 bits per heavy atom. The summed E-state index contributed by atoms with van der Waals surface area (Å²) in [6.07, 6.45) is 2.05. The van der Waals surface area contributed by atoms with E-state index in [1.165, 1.54) is 0 Å². The number of hydrogen-bond donors (Lipinski definition) is 1. The summed E-state index contributed by atoms with van der Waals surface area (Å²) in [7, 11) is 0. The van der Waals surface area contributed by atoms with Crippen LogP contribution in [0.15, 0.2) is 24.3 Å². The van der Waals surface area contributed by atoms with Gasteiger partial charge in [0, 0.05) is 11.5 Å². The van der Waals surface area contributed by atoms with Crippen LogP contribution in [0, 0.1) is 5.92 Å². The number of phenolic OH excluding ortho intramolecular Hbond substituents is 1. The topological polar surface area (TPSA) is 37.3 Å². The third kappa shape index (κ3) is 2.59. The van der Waals surface area contributed by atoms with E-state index >= 15 is 0 Å². The van der Waals surface area contributed by atoms with Crippen LogP contribution in [0.25, 0.3) is 0 Å². The van der Waals surface area contributed by atoms with Crippen molar-refractivity contribution in [2.75, 3.05) is 0 Å². The standard InChI is InChI=1S/C10H10O2.C2H6/c11-9-5-3-8(4-6-9)10(12)7-1-2-7;1-2/h3-7,11H,1-2H2;1-2H3. The molecule has 2 heteroatoms. The molecule has 1 aromatic rings. The Kier molecular flexibility index (Phi) is 3.69. The molecule has 0 aromatic heterocycles. The Labute approximate surface area is 84.6 Å². The fraction of sp³-hybridized carbons (Fsp3) is 0.417. The number of ketones is 1. The third-order valence-corrected chi connectivity index (χ3v) is 2.10. The van der Waals surface area contributed by atoms with E-state index in [2.05, 4.69) is 0 Å². The zero-order chi connectivity index (χ0) is 10.6. The van der Waals surface area contributed by atoms with Gasteiger partial charge >= 0.3 is 0 Å². The molecule has 0 atom stereocenters. The summed E-state index contributed by atoms with van der Waals surface area (Å²) in [5.74, 6) is 0.687. The van der Waals surface area contributed by atoms with Gasteiger partial charge in [-0.3, -0.25) is 4.79 Å². The predicted molar refractivity (Wildman–Crippen MR) is 56.5 cm³/mol. The van der Waals surface area contributed by atoms with E-state index in [0.717, 1.165) is 18.4 Å². The molecule has 2 rings (SSSR count). The molecule has 0 bridgehead atoms. The lowest BCUT2D eigenvalue weighted by Gasteiger charge is -1.97. The van der Waals surface area contributed by atoms with Gasteiger partial charge in [0.2, 0.25) is 0 Å². The SMILES string of the molecule is CC.O=C(c1ccc(O)cc1)C1CC1. The highest BCUT2D eigenvalue weighted by Gasteiger charge is 2.30. The summed E-state index contributed by atoms with van der Waals surface area (Å²) < 4.78 is 0. The molecule has 14 heavy (non-hydrogen) atoms. The fourth-order valence-corrected chi connectivity index (χ4v) is 1.21. The second-order valence-electron chi connectivity index (χ2n) is 3.19. The molecular weight excluding hydrogens is 176 g/mol. The highest BCUT2D eigenvalue weighted by Crippen LogP contribution is 2.32. The van der Waals surface area contributed by atoms with Crippen LogP contribution < -0.4 is 0 Å². The maximum atomic E-state index is 11.4. The number of carbonyl (C=O) groups excluding carboxylic acids is 1. The Bertz CT molecular complexity index is 297. The van der Waals surface area contributed by atoms with Crippen LogP contribution in [-0.2, 0) is 0 Å². The van der Waals surface area contributed by atoms with Crippen molar-refractivity contribution in [1.82, 2.24) is 0 Å². The van der Waals surface area contributed by atoms with Crippen molar-refractivity contribution >= 4 is 5.78 Å². The molecule has 1 fully saturated rings. The van der Waals surface area contributed by atoms with Gasteiger partial charge in [0.15, 0.2) is 5.78 Å². The van der Waals surface area contributed by atoms with Crippen LogP contribution in [0.3, 0.4) is 0 Å². The van der Waals surface area contributed by atoms with Crippen molar-refractivity contribution in [3.05, 3.63) is 29.8 Å². The molecule has 0 saturated heterocycles. The van der Waals surface area contributed by atoms with E-state index < -0.39 is 0 Å². The molecule has 0 unspecified atom stereocenters. The first-order chi connectivity index (χ1) is 6.77. The second kappa shape index (κ2) is 4.80. The van der Waals surface area contributed by atoms with Crippen molar-refractivity contribution in [1.29, 1.82) is 0 Å². The van der Waals surface area contributed by atoms with Crippen molar-refractivity contribution in [2.24, 2.45) is 5.92 Å². The van der Waals surface area contributed by atoms with Crippen LogP contribution >= 0.6 is 0 Å². The monoisotopic (exact) mass is 192 g/mol. The Morgan fingerprint density at radius 3 is 2.14 bits per heavy atom. The smallest absolute Gasteiger partial charge is 0.165 e. The van der Waals surface area contributed by atoms with E-state index in [9.17, 15) is 4.79 Å². The quantitative estimate of drug-likeness (QED) is 0.731. The normalized spacial score (nSPS) is 14.1.